The van der Waals surface area contributed by atoms with E-state index < -0.39 is 40.5 Å². The second-order valence-electron chi connectivity index (χ2n) is 12.5. The molecular weight excluding hydrogens is 542 g/mol. The zero-order chi connectivity index (χ0) is 32.3. The lowest BCUT2D eigenvalue weighted by Crippen LogP contribution is -2.73. The summed E-state index contributed by atoms with van der Waals surface area (Å²) in [4.78, 5) is 36.7. The van der Waals surface area contributed by atoms with Crippen LogP contribution in [0.25, 0.3) is 0 Å². The van der Waals surface area contributed by atoms with Gasteiger partial charge in [-0.3, -0.25) is 4.48 Å². The molecule has 0 saturated carbocycles. The Balaban J connectivity index is 4.34. The molecule has 7 nitrogen and oxygen atoms in total. The van der Waals surface area contributed by atoms with Crippen molar-refractivity contribution in [1.82, 2.24) is 0 Å². The van der Waals surface area contributed by atoms with Crippen molar-refractivity contribution in [1.29, 1.82) is 0 Å². The smallest absolute Gasteiger partial charge is 0.362 e. The number of allylic oxidation sites excluding steroid dienone is 2. The van der Waals surface area contributed by atoms with E-state index in [2.05, 4.69) is 19.1 Å². The van der Waals surface area contributed by atoms with Gasteiger partial charge in [-0.2, -0.15) is 0 Å². The van der Waals surface area contributed by atoms with Crippen molar-refractivity contribution >= 4 is 17.9 Å². The first-order valence-electron chi connectivity index (χ1n) is 17.9. The van der Waals surface area contributed by atoms with Crippen LogP contribution in [0.15, 0.2) is 12.2 Å². The van der Waals surface area contributed by atoms with Crippen LogP contribution in [0.1, 0.15) is 175 Å². The van der Waals surface area contributed by atoms with Gasteiger partial charge in [-0.05, 0) is 38.5 Å². The summed E-state index contributed by atoms with van der Waals surface area (Å²) in [5, 5.41) is 32.2. The van der Waals surface area contributed by atoms with Gasteiger partial charge in [0.05, 0.1) is 12.5 Å². The maximum absolute atomic E-state index is 12.3. The van der Waals surface area contributed by atoms with Gasteiger partial charge in [0, 0.05) is 19.3 Å². The molecule has 0 radical (unpaired) electrons. The van der Waals surface area contributed by atoms with E-state index in [1.807, 2.05) is 0 Å². The lowest BCUT2D eigenvalue weighted by atomic mass is 9.93. The van der Waals surface area contributed by atoms with Crippen LogP contribution in [0.4, 0.5) is 0 Å². The van der Waals surface area contributed by atoms with E-state index in [0.29, 0.717) is 6.42 Å². The second-order valence-corrected chi connectivity index (χ2v) is 12.5. The number of carbonyl (C=O) groups is 3. The van der Waals surface area contributed by atoms with E-state index >= 15 is 0 Å². The van der Waals surface area contributed by atoms with Crippen molar-refractivity contribution in [3.8, 4) is 0 Å². The third kappa shape index (κ3) is 16.7. The zero-order valence-electron chi connectivity index (χ0n) is 28.3. The molecule has 0 rings (SSSR count). The fourth-order valence-corrected chi connectivity index (χ4v) is 6.96. The second kappa shape index (κ2) is 26.5. The Kier molecular flexibility index (Phi) is 25.3. The Labute approximate surface area is 264 Å². The first kappa shape index (κ1) is 41.1. The van der Waals surface area contributed by atoms with Crippen LogP contribution in [0.2, 0.25) is 0 Å². The summed E-state index contributed by atoms with van der Waals surface area (Å²) in [5.74, 6) is -3.66. The third-order valence-electron chi connectivity index (χ3n) is 9.30. The number of quaternary nitrogens is 1. The molecular formula is C36H67NO6. The topological polar surface area (TPSA) is 115 Å². The number of carboxylic acid groups (broad SMARTS) is 3. The molecule has 252 valence electrons. The van der Waals surface area contributed by atoms with Crippen LogP contribution < -0.4 is 5.11 Å². The normalized spacial score (nSPS) is 15.3. The summed E-state index contributed by atoms with van der Waals surface area (Å²) in [6.07, 6.45) is 29.6. The van der Waals surface area contributed by atoms with E-state index in [1.54, 1.807) is 20.8 Å². The largest absolute Gasteiger partial charge is 0.544 e. The van der Waals surface area contributed by atoms with Gasteiger partial charge in [0.25, 0.3) is 0 Å². The molecule has 7 heteroatoms. The van der Waals surface area contributed by atoms with E-state index in [1.165, 1.54) is 83.5 Å². The van der Waals surface area contributed by atoms with Gasteiger partial charge < -0.3 is 20.1 Å². The Morgan fingerprint density at radius 1 is 0.535 bits per heavy atom. The summed E-state index contributed by atoms with van der Waals surface area (Å²) in [5.41, 5.74) is 0. The molecule has 0 aromatic rings. The quantitative estimate of drug-likeness (QED) is 0.0463. The summed E-state index contributed by atoms with van der Waals surface area (Å²) in [7, 11) is 0. The van der Waals surface area contributed by atoms with Gasteiger partial charge in [0.1, 0.15) is 6.04 Å². The monoisotopic (exact) mass is 609 g/mol. The minimum absolute atomic E-state index is 0.128. The number of carboxylic acids is 3. The van der Waals surface area contributed by atoms with Crippen molar-refractivity contribution in [3.63, 3.8) is 0 Å². The molecule has 43 heavy (non-hydrogen) atoms. The molecule has 0 aliphatic carbocycles. The standard InChI is InChI=1S/C36H67NO6/c1-5-9-10-11-12-13-14-15-16-17-18-19-20-21-22-23-24-25-26-27-28-29-30-37(31(6-2)34(38)39,32(7-3)35(40)41)33(8-4)36(42)43/h21-22,31-33H,5-20,23-30H2,1-4H3,(H2-,38,39,40,41,42,43)/b22-21+. The minimum Gasteiger partial charge on any atom is -0.544 e. The molecule has 0 bridgehead atoms. The predicted molar refractivity (Wildman–Crippen MR) is 175 cm³/mol. The summed E-state index contributed by atoms with van der Waals surface area (Å²) >= 11 is 0. The lowest BCUT2D eigenvalue weighted by molar-refractivity contribution is -0.974. The summed E-state index contributed by atoms with van der Waals surface area (Å²) < 4.78 is -0.472. The maximum atomic E-state index is 12.3. The number of carbonyl (C=O) groups excluding carboxylic acids is 1. The maximum Gasteiger partial charge on any atom is 0.362 e. The van der Waals surface area contributed by atoms with Crippen molar-refractivity contribution in [2.75, 3.05) is 6.54 Å². The Bertz CT molecular complexity index is 697. The summed E-state index contributed by atoms with van der Waals surface area (Å²) in [6.45, 7) is 7.53. The zero-order valence-corrected chi connectivity index (χ0v) is 28.3. The van der Waals surface area contributed by atoms with Crippen LogP contribution in [0, 0.1) is 0 Å². The van der Waals surface area contributed by atoms with E-state index in [9.17, 15) is 29.7 Å². The van der Waals surface area contributed by atoms with E-state index in [4.69, 9.17) is 0 Å². The molecule has 0 aromatic carbocycles. The number of hydrogen-bond donors (Lipinski definition) is 2. The molecule has 0 aliphatic heterocycles. The van der Waals surface area contributed by atoms with Gasteiger partial charge in [0.2, 0.25) is 0 Å². The first-order valence-corrected chi connectivity index (χ1v) is 17.9. The molecule has 3 atom stereocenters. The van der Waals surface area contributed by atoms with Crippen LogP contribution >= 0.6 is 0 Å². The minimum atomic E-state index is -1.37. The van der Waals surface area contributed by atoms with E-state index in [-0.39, 0.29) is 25.8 Å². The fourth-order valence-electron chi connectivity index (χ4n) is 6.96. The van der Waals surface area contributed by atoms with Crippen molar-refractivity contribution in [2.24, 2.45) is 0 Å². The van der Waals surface area contributed by atoms with Crippen LogP contribution in [0.5, 0.6) is 0 Å². The van der Waals surface area contributed by atoms with Crippen molar-refractivity contribution < 1.29 is 34.2 Å². The predicted octanol–water partition coefficient (Wildman–Crippen LogP) is 8.44. The number of rotatable bonds is 31. The Morgan fingerprint density at radius 2 is 0.860 bits per heavy atom. The summed E-state index contributed by atoms with van der Waals surface area (Å²) in [6, 6.07) is -3.39. The molecule has 3 unspecified atom stereocenters. The first-order chi connectivity index (χ1) is 20.7. The molecule has 2 N–H and O–H groups in total. The third-order valence-corrected chi connectivity index (χ3v) is 9.30. The van der Waals surface area contributed by atoms with Crippen LogP contribution in [0.3, 0.4) is 0 Å². The molecule has 0 aliphatic rings. The highest BCUT2D eigenvalue weighted by Crippen LogP contribution is 2.32. The number of aliphatic carboxylic acids is 3. The van der Waals surface area contributed by atoms with Gasteiger partial charge in [-0.1, -0.05) is 130 Å². The molecule has 0 saturated heterocycles. The average molecular weight is 610 g/mol. The highest BCUT2D eigenvalue weighted by Gasteiger charge is 2.53. The molecule has 0 amide bonds. The van der Waals surface area contributed by atoms with Crippen molar-refractivity contribution in [3.05, 3.63) is 12.2 Å². The molecule has 0 fully saturated rings. The van der Waals surface area contributed by atoms with E-state index in [0.717, 1.165) is 38.5 Å². The Hall–Kier alpha value is -1.89. The van der Waals surface area contributed by atoms with Crippen LogP contribution in [-0.2, 0) is 14.4 Å². The number of nitrogens with zero attached hydrogens (tertiary/aromatic N) is 1. The molecule has 0 heterocycles. The SMILES string of the molecule is CCCCCCCCCCCCCC/C=C/CCCCCCCC[N+](C(CC)C(=O)[O-])(C(CC)C(=O)O)C(CC)C(=O)O. The lowest BCUT2D eigenvalue weighted by Gasteiger charge is -2.51. The highest BCUT2D eigenvalue weighted by molar-refractivity contribution is 5.77. The van der Waals surface area contributed by atoms with Crippen LogP contribution in [-0.4, -0.2) is 57.3 Å². The fraction of sp³-hybridized carbons (Fsp3) is 0.861. The van der Waals surface area contributed by atoms with Gasteiger partial charge in [-0.15, -0.1) is 0 Å². The van der Waals surface area contributed by atoms with Crippen molar-refractivity contribution in [2.45, 2.75) is 193 Å². The van der Waals surface area contributed by atoms with Gasteiger partial charge in [0.15, 0.2) is 12.1 Å². The molecule has 0 spiro atoms. The average Bonchev–Trinajstić information content (AvgIpc) is 2.96. The van der Waals surface area contributed by atoms with Gasteiger partial charge in [-0.25, -0.2) is 9.59 Å². The highest BCUT2D eigenvalue weighted by atomic mass is 16.4. The van der Waals surface area contributed by atoms with Gasteiger partial charge >= 0.3 is 11.9 Å². The molecule has 0 aromatic heterocycles. The number of unbranched alkanes of at least 4 members (excludes halogenated alkanes) is 18. The number of hydrogen-bond acceptors (Lipinski definition) is 4. The Morgan fingerprint density at radius 3 is 1.16 bits per heavy atom.